The maximum Gasteiger partial charge on any atom is 0.319 e. The van der Waals surface area contributed by atoms with Gasteiger partial charge in [0.05, 0.1) is 12.6 Å². The summed E-state index contributed by atoms with van der Waals surface area (Å²) < 4.78 is 33.0. The smallest absolute Gasteiger partial charge is 0.319 e. The molecule has 0 aromatic heterocycles. The van der Waals surface area contributed by atoms with Crippen LogP contribution in [0.25, 0.3) is 0 Å². The standard InChI is InChI=1S/C18H17BrF2N2O2/c1-25-16-14(20)9-13(10-15(16)21)22-17(24)23-18(6-3-7-18)11-4-2-5-12(19)8-11/h2,4-5,8-10H,3,6-7H2,1H3,(H2,22,23,24). The Balaban J connectivity index is 1.76. The Bertz CT molecular complexity index is 786. The molecule has 2 amide bonds. The second kappa shape index (κ2) is 7.00. The normalized spacial score (nSPS) is 15.2. The first-order chi connectivity index (χ1) is 11.9. The summed E-state index contributed by atoms with van der Waals surface area (Å²) in [5.74, 6) is -2.22. The molecule has 3 rings (SSSR count). The first kappa shape index (κ1) is 17.7. The van der Waals surface area contributed by atoms with Crippen molar-refractivity contribution in [2.75, 3.05) is 12.4 Å². The van der Waals surface area contributed by atoms with Crippen LogP contribution in [-0.4, -0.2) is 13.1 Å². The number of methoxy groups -OCH3 is 1. The molecule has 1 aliphatic rings. The Morgan fingerprint density at radius 1 is 1.20 bits per heavy atom. The van der Waals surface area contributed by atoms with E-state index in [0.717, 1.165) is 41.4 Å². The first-order valence-electron chi connectivity index (χ1n) is 7.82. The molecular formula is C18H17BrF2N2O2. The summed E-state index contributed by atoms with van der Waals surface area (Å²) in [7, 11) is 1.18. The summed E-state index contributed by atoms with van der Waals surface area (Å²) in [5.41, 5.74) is 0.560. The highest BCUT2D eigenvalue weighted by atomic mass is 79.9. The van der Waals surface area contributed by atoms with Gasteiger partial charge in [-0.2, -0.15) is 0 Å². The van der Waals surface area contributed by atoms with Crippen LogP contribution < -0.4 is 15.4 Å². The van der Waals surface area contributed by atoms with E-state index in [1.807, 2.05) is 24.3 Å². The fourth-order valence-electron chi connectivity index (χ4n) is 3.01. The molecule has 0 bridgehead atoms. The van der Waals surface area contributed by atoms with Crippen LogP contribution in [0, 0.1) is 11.6 Å². The maximum atomic E-state index is 13.7. The molecular weight excluding hydrogens is 394 g/mol. The van der Waals surface area contributed by atoms with Gasteiger partial charge >= 0.3 is 6.03 Å². The molecule has 0 atom stereocenters. The Kier molecular flexibility index (Phi) is 4.94. The Labute approximate surface area is 152 Å². The van der Waals surface area contributed by atoms with E-state index in [1.54, 1.807) is 0 Å². The van der Waals surface area contributed by atoms with E-state index in [-0.39, 0.29) is 5.69 Å². The largest absolute Gasteiger partial charge is 0.491 e. The minimum absolute atomic E-state index is 0.0250. The second-order valence-electron chi connectivity index (χ2n) is 6.00. The second-order valence-corrected chi connectivity index (χ2v) is 6.91. The minimum Gasteiger partial charge on any atom is -0.491 e. The Morgan fingerprint density at radius 3 is 2.40 bits per heavy atom. The quantitative estimate of drug-likeness (QED) is 0.749. The van der Waals surface area contributed by atoms with Crippen molar-refractivity contribution in [3.8, 4) is 5.75 Å². The number of hydrogen-bond donors (Lipinski definition) is 2. The number of urea groups is 1. The summed E-state index contributed by atoms with van der Waals surface area (Å²) in [6, 6.07) is 9.28. The molecule has 4 nitrogen and oxygen atoms in total. The average Bonchev–Trinajstić information content (AvgIpc) is 2.50. The summed E-state index contributed by atoms with van der Waals surface area (Å²) >= 11 is 3.43. The highest BCUT2D eigenvalue weighted by Gasteiger charge is 2.40. The number of nitrogens with one attached hydrogen (secondary N) is 2. The van der Waals surface area contributed by atoms with Gasteiger partial charge in [0.25, 0.3) is 0 Å². The average molecular weight is 411 g/mol. The van der Waals surface area contributed by atoms with Gasteiger partial charge in [-0.05, 0) is 37.0 Å². The molecule has 7 heteroatoms. The van der Waals surface area contributed by atoms with Gasteiger partial charge in [-0.15, -0.1) is 0 Å². The fourth-order valence-corrected chi connectivity index (χ4v) is 3.41. The molecule has 2 aromatic rings. The lowest BCUT2D eigenvalue weighted by atomic mass is 9.72. The summed E-state index contributed by atoms with van der Waals surface area (Å²) in [6.45, 7) is 0. The zero-order valence-electron chi connectivity index (χ0n) is 13.5. The van der Waals surface area contributed by atoms with Crippen LogP contribution in [0.1, 0.15) is 24.8 Å². The number of amides is 2. The lowest BCUT2D eigenvalue weighted by Crippen LogP contribution is -2.52. The van der Waals surface area contributed by atoms with Crippen LogP contribution in [0.4, 0.5) is 19.3 Å². The summed E-state index contributed by atoms with van der Waals surface area (Å²) in [5, 5.41) is 5.43. The van der Waals surface area contributed by atoms with Crippen LogP contribution in [-0.2, 0) is 5.54 Å². The van der Waals surface area contributed by atoms with Gasteiger partial charge in [-0.25, -0.2) is 13.6 Å². The van der Waals surface area contributed by atoms with Gasteiger partial charge in [0.1, 0.15) is 0 Å². The van der Waals surface area contributed by atoms with Crippen molar-refractivity contribution < 1.29 is 18.3 Å². The molecule has 25 heavy (non-hydrogen) atoms. The molecule has 0 aliphatic heterocycles. The van der Waals surface area contributed by atoms with Gasteiger partial charge in [0.2, 0.25) is 0 Å². The van der Waals surface area contributed by atoms with E-state index in [0.29, 0.717) is 0 Å². The number of anilines is 1. The van der Waals surface area contributed by atoms with Crippen molar-refractivity contribution >= 4 is 27.6 Å². The SMILES string of the molecule is COc1c(F)cc(NC(=O)NC2(c3cccc(Br)c3)CCC2)cc1F. The molecule has 1 saturated carbocycles. The van der Waals surface area contributed by atoms with Crippen molar-refractivity contribution in [2.45, 2.75) is 24.8 Å². The van der Waals surface area contributed by atoms with E-state index in [4.69, 9.17) is 0 Å². The molecule has 132 valence electrons. The van der Waals surface area contributed by atoms with Crippen LogP contribution in [0.15, 0.2) is 40.9 Å². The van der Waals surface area contributed by atoms with Gasteiger partial charge in [0, 0.05) is 22.3 Å². The number of halogens is 3. The number of carbonyl (C=O) groups is 1. The Morgan fingerprint density at radius 2 is 1.88 bits per heavy atom. The van der Waals surface area contributed by atoms with E-state index >= 15 is 0 Å². The molecule has 2 aromatic carbocycles. The molecule has 0 unspecified atom stereocenters. The number of carbonyl (C=O) groups excluding carboxylic acids is 1. The van der Waals surface area contributed by atoms with Crippen molar-refractivity contribution in [3.05, 3.63) is 58.1 Å². The minimum atomic E-state index is -0.872. The van der Waals surface area contributed by atoms with Gasteiger partial charge in [-0.1, -0.05) is 28.1 Å². The lowest BCUT2D eigenvalue weighted by molar-refractivity contribution is 0.185. The first-order valence-corrected chi connectivity index (χ1v) is 8.61. The van der Waals surface area contributed by atoms with Gasteiger partial charge in [0.15, 0.2) is 17.4 Å². The van der Waals surface area contributed by atoms with Crippen molar-refractivity contribution in [3.63, 3.8) is 0 Å². The van der Waals surface area contributed by atoms with Crippen LogP contribution in [0.3, 0.4) is 0 Å². The van der Waals surface area contributed by atoms with Crippen LogP contribution in [0.2, 0.25) is 0 Å². The third-order valence-electron chi connectivity index (χ3n) is 4.40. The number of benzene rings is 2. The summed E-state index contributed by atoms with van der Waals surface area (Å²) in [4.78, 5) is 12.3. The topological polar surface area (TPSA) is 50.4 Å². The van der Waals surface area contributed by atoms with Crippen LogP contribution >= 0.6 is 15.9 Å². The molecule has 1 aliphatic carbocycles. The predicted molar refractivity (Wildman–Crippen MR) is 94.7 cm³/mol. The van der Waals surface area contributed by atoms with E-state index in [1.165, 1.54) is 7.11 Å². The van der Waals surface area contributed by atoms with Gasteiger partial charge in [-0.3, -0.25) is 0 Å². The fraction of sp³-hybridized carbons (Fsp3) is 0.278. The monoisotopic (exact) mass is 410 g/mol. The molecule has 1 fully saturated rings. The molecule has 0 heterocycles. The zero-order chi connectivity index (χ0) is 18.0. The van der Waals surface area contributed by atoms with E-state index in [9.17, 15) is 13.6 Å². The maximum absolute atomic E-state index is 13.7. The van der Waals surface area contributed by atoms with Gasteiger partial charge < -0.3 is 15.4 Å². The highest BCUT2D eigenvalue weighted by Crippen LogP contribution is 2.42. The number of hydrogen-bond acceptors (Lipinski definition) is 2. The molecule has 0 spiro atoms. The van der Waals surface area contributed by atoms with E-state index in [2.05, 4.69) is 31.3 Å². The van der Waals surface area contributed by atoms with Crippen molar-refractivity contribution in [1.29, 1.82) is 0 Å². The molecule has 0 saturated heterocycles. The van der Waals surface area contributed by atoms with Crippen LogP contribution in [0.5, 0.6) is 5.75 Å². The van der Waals surface area contributed by atoms with Crippen molar-refractivity contribution in [2.24, 2.45) is 0 Å². The third kappa shape index (κ3) is 3.61. The van der Waals surface area contributed by atoms with E-state index < -0.39 is 29.0 Å². The Hall–Kier alpha value is -2.15. The predicted octanol–water partition coefficient (Wildman–Crippen LogP) is 4.94. The number of ether oxygens (including phenoxy) is 1. The van der Waals surface area contributed by atoms with Crippen molar-refractivity contribution in [1.82, 2.24) is 5.32 Å². The molecule has 2 N–H and O–H groups in total. The lowest BCUT2D eigenvalue weighted by Gasteiger charge is -2.43. The third-order valence-corrected chi connectivity index (χ3v) is 4.89. The zero-order valence-corrected chi connectivity index (χ0v) is 15.1. The summed E-state index contributed by atoms with van der Waals surface area (Å²) in [6.07, 6.45) is 2.61. The number of rotatable bonds is 4. The highest BCUT2D eigenvalue weighted by molar-refractivity contribution is 9.10. The molecule has 0 radical (unpaired) electrons.